The van der Waals surface area contributed by atoms with Crippen molar-refractivity contribution in [3.05, 3.63) is 64.2 Å². The highest BCUT2D eigenvalue weighted by Gasteiger charge is 2.32. The second-order valence-electron chi connectivity index (χ2n) is 7.19. The number of thiazole rings is 1. The topological polar surface area (TPSA) is 50.3 Å². The minimum atomic E-state index is -3.33. The molecule has 1 saturated heterocycles. The van der Waals surface area contributed by atoms with E-state index in [2.05, 4.69) is 9.88 Å². The van der Waals surface area contributed by atoms with Gasteiger partial charge in [0.1, 0.15) is 5.82 Å². The van der Waals surface area contributed by atoms with Crippen LogP contribution in [0.5, 0.6) is 0 Å². The maximum atomic E-state index is 13.7. The van der Waals surface area contributed by atoms with Crippen molar-refractivity contribution < 1.29 is 12.8 Å². The average Bonchev–Trinajstić information content (AvgIpc) is 3.21. The highest BCUT2D eigenvalue weighted by Crippen LogP contribution is 2.32. The zero-order valence-corrected chi connectivity index (χ0v) is 18.2. The molecule has 2 aromatic carbocycles. The van der Waals surface area contributed by atoms with Crippen molar-refractivity contribution in [3.8, 4) is 11.3 Å². The normalized spacial score (nSPS) is 15.6. The van der Waals surface area contributed by atoms with E-state index in [-0.39, 0.29) is 10.3 Å². The van der Waals surface area contributed by atoms with E-state index in [4.69, 9.17) is 11.6 Å². The predicted molar refractivity (Wildman–Crippen MR) is 116 cm³/mol. The smallest absolute Gasteiger partial charge is 0.185 e. The number of hydrogen-bond donors (Lipinski definition) is 0. The van der Waals surface area contributed by atoms with Gasteiger partial charge in [0, 0.05) is 24.0 Å². The summed E-state index contributed by atoms with van der Waals surface area (Å²) < 4.78 is 39.5. The van der Waals surface area contributed by atoms with Crippen LogP contribution in [0.2, 0.25) is 5.02 Å². The van der Waals surface area contributed by atoms with Crippen LogP contribution in [0.15, 0.2) is 52.7 Å². The fourth-order valence-electron chi connectivity index (χ4n) is 3.48. The van der Waals surface area contributed by atoms with Crippen molar-refractivity contribution >= 4 is 37.9 Å². The van der Waals surface area contributed by atoms with Gasteiger partial charge in [0.2, 0.25) is 0 Å². The van der Waals surface area contributed by atoms with Gasteiger partial charge in [-0.25, -0.2) is 17.8 Å². The number of piperidine rings is 1. The summed E-state index contributed by atoms with van der Waals surface area (Å²) in [7, 11) is -3.33. The molecular weight excluding hydrogens is 431 g/mol. The summed E-state index contributed by atoms with van der Waals surface area (Å²) in [6, 6.07) is 11.7. The first-order chi connectivity index (χ1) is 13.8. The molecule has 2 heterocycles. The first-order valence-corrected chi connectivity index (χ1v) is 12.1. The monoisotopic (exact) mass is 450 g/mol. The van der Waals surface area contributed by atoms with E-state index in [0.29, 0.717) is 42.1 Å². The lowest BCUT2D eigenvalue weighted by atomic mass is 10.1. The van der Waals surface area contributed by atoms with Gasteiger partial charge in [-0.2, -0.15) is 0 Å². The fourth-order valence-corrected chi connectivity index (χ4v) is 6.21. The first kappa shape index (κ1) is 20.3. The van der Waals surface area contributed by atoms with E-state index in [1.54, 1.807) is 18.2 Å². The van der Waals surface area contributed by atoms with Crippen LogP contribution < -0.4 is 4.90 Å². The second kappa shape index (κ2) is 8.05. The van der Waals surface area contributed by atoms with Crippen LogP contribution >= 0.6 is 22.9 Å². The Kier molecular flexibility index (Phi) is 5.64. The van der Waals surface area contributed by atoms with E-state index >= 15 is 0 Å². The number of hydrogen-bond acceptors (Lipinski definition) is 5. The molecule has 0 bridgehead atoms. The molecule has 0 spiro atoms. The molecule has 0 radical (unpaired) electrons. The SMILES string of the molecule is Cc1ccc(S(=O)(=O)C2CCN(c3nc(-c4ccc(Cl)c(F)c4)cs3)CC2)cc1. The van der Waals surface area contributed by atoms with Gasteiger partial charge in [0.25, 0.3) is 0 Å². The highest BCUT2D eigenvalue weighted by molar-refractivity contribution is 7.92. The minimum absolute atomic E-state index is 0.0843. The van der Waals surface area contributed by atoms with Crippen LogP contribution in [0.1, 0.15) is 18.4 Å². The number of anilines is 1. The van der Waals surface area contributed by atoms with Crippen LogP contribution in [-0.2, 0) is 9.84 Å². The van der Waals surface area contributed by atoms with E-state index in [1.807, 2.05) is 24.4 Å². The van der Waals surface area contributed by atoms with Crippen molar-refractivity contribution in [2.45, 2.75) is 29.9 Å². The Morgan fingerprint density at radius 3 is 2.48 bits per heavy atom. The highest BCUT2D eigenvalue weighted by atomic mass is 35.5. The molecule has 0 saturated carbocycles. The number of benzene rings is 2. The molecule has 1 aromatic heterocycles. The Balaban J connectivity index is 1.45. The summed E-state index contributed by atoms with van der Waals surface area (Å²) in [6.07, 6.45) is 1.11. The third-order valence-corrected chi connectivity index (χ3v) is 8.69. The van der Waals surface area contributed by atoms with Gasteiger partial charge in [0.15, 0.2) is 15.0 Å². The largest absolute Gasteiger partial charge is 0.348 e. The van der Waals surface area contributed by atoms with E-state index < -0.39 is 15.7 Å². The molecule has 0 atom stereocenters. The molecular formula is C21H20ClFN2O2S2. The fraction of sp³-hybridized carbons (Fsp3) is 0.286. The standard InChI is InChI=1S/C21H20ClFN2O2S2/c1-14-2-5-16(6-3-14)29(26,27)17-8-10-25(11-9-17)21-24-20(13-28-21)15-4-7-18(22)19(23)12-15/h2-7,12-13,17H,8-11H2,1H3. The van der Waals surface area contributed by atoms with E-state index in [1.165, 1.54) is 23.5 Å². The lowest BCUT2D eigenvalue weighted by Crippen LogP contribution is -2.39. The van der Waals surface area contributed by atoms with E-state index in [0.717, 1.165) is 10.7 Å². The Morgan fingerprint density at radius 2 is 1.83 bits per heavy atom. The quantitative estimate of drug-likeness (QED) is 0.537. The number of sulfone groups is 1. The summed E-state index contributed by atoms with van der Waals surface area (Å²) in [4.78, 5) is 7.11. The molecule has 152 valence electrons. The molecule has 0 unspecified atom stereocenters. The van der Waals surface area contributed by atoms with Gasteiger partial charge in [-0.3, -0.25) is 0 Å². The van der Waals surface area contributed by atoms with Crippen molar-refractivity contribution in [1.29, 1.82) is 0 Å². The Labute approximate surface area is 178 Å². The zero-order valence-electron chi connectivity index (χ0n) is 15.8. The van der Waals surface area contributed by atoms with Crippen LogP contribution in [0.25, 0.3) is 11.3 Å². The summed E-state index contributed by atoms with van der Waals surface area (Å²) >= 11 is 7.22. The second-order valence-corrected chi connectivity index (χ2v) is 10.7. The van der Waals surface area contributed by atoms with Crippen molar-refractivity contribution in [2.24, 2.45) is 0 Å². The van der Waals surface area contributed by atoms with Gasteiger partial charge in [-0.1, -0.05) is 35.4 Å². The van der Waals surface area contributed by atoms with Crippen LogP contribution in [-0.4, -0.2) is 31.7 Å². The van der Waals surface area contributed by atoms with Crippen LogP contribution in [0.4, 0.5) is 9.52 Å². The molecule has 29 heavy (non-hydrogen) atoms. The number of aryl methyl sites for hydroxylation is 1. The molecule has 1 fully saturated rings. The van der Waals surface area contributed by atoms with Crippen molar-refractivity contribution in [1.82, 2.24) is 4.98 Å². The van der Waals surface area contributed by atoms with Gasteiger partial charge >= 0.3 is 0 Å². The molecule has 0 N–H and O–H groups in total. The third kappa shape index (κ3) is 4.17. The van der Waals surface area contributed by atoms with E-state index in [9.17, 15) is 12.8 Å². The maximum Gasteiger partial charge on any atom is 0.185 e. The number of halogens is 2. The third-order valence-electron chi connectivity index (χ3n) is 5.21. The van der Waals surface area contributed by atoms with Gasteiger partial charge in [0.05, 0.1) is 20.9 Å². The summed E-state index contributed by atoms with van der Waals surface area (Å²) in [5.74, 6) is -0.471. The Bertz CT molecular complexity index is 1120. The first-order valence-electron chi connectivity index (χ1n) is 9.31. The van der Waals surface area contributed by atoms with Gasteiger partial charge < -0.3 is 4.90 Å². The molecule has 0 amide bonds. The molecule has 1 aliphatic rings. The zero-order chi connectivity index (χ0) is 20.6. The summed E-state index contributed by atoms with van der Waals surface area (Å²) in [5.41, 5.74) is 2.40. The Morgan fingerprint density at radius 1 is 1.14 bits per heavy atom. The van der Waals surface area contributed by atoms with Gasteiger partial charge in [-0.05, 0) is 44.0 Å². The minimum Gasteiger partial charge on any atom is -0.348 e. The molecule has 0 aliphatic carbocycles. The average molecular weight is 451 g/mol. The number of aromatic nitrogens is 1. The van der Waals surface area contributed by atoms with Crippen molar-refractivity contribution in [2.75, 3.05) is 18.0 Å². The van der Waals surface area contributed by atoms with Crippen LogP contribution in [0, 0.1) is 12.7 Å². The number of nitrogens with zero attached hydrogens (tertiary/aromatic N) is 2. The summed E-state index contributed by atoms with van der Waals surface area (Å²) in [6.45, 7) is 3.19. The predicted octanol–water partition coefficient (Wildman–Crippen LogP) is 5.35. The van der Waals surface area contributed by atoms with Crippen LogP contribution in [0.3, 0.4) is 0 Å². The molecule has 4 rings (SSSR count). The number of rotatable bonds is 4. The lowest BCUT2D eigenvalue weighted by molar-refractivity contribution is 0.529. The van der Waals surface area contributed by atoms with Gasteiger partial charge in [-0.15, -0.1) is 11.3 Å². The summed E-state index contributed by atoms with van der Waals surface area (Å²) in [5, 5.41) is 2.40. The molecule has 3 aromatic rings. The molecule has 8 heteroatoms. The Hall–Kier alpha value is -1.96. The molecule has 1 aliphatic heterocycles. The van der Waals surface area contributed by atoms with Crippen molar-refractivity contribution in [3.63, 3.8) is 0 Å². The molecule has 4 nitrogen and oxygen atoms in total. The maximum absolute atomic E-state index is 13.7. The lowest BCUT2D eigenvalue weighted by Gasteiger charge is -2.31.